The number of ketones is 1. The summed E-state index contributed by atoms with van der Waals surface area (Å²) in [7, 11) is 0. The Kier molecular flexibility index (Phi) is 5.47. The van der Waals surface area contributed by atoms with Gasteiger partial charge in [-0.3, -0.25) is 4.79 Å². The van der Waals surface area contributed by atoms with Gasteiger partial charge in [-0.05, 0) is 56.7 Å². The third-order valence-electron chi connectivity index (χ3n) is 7.90. The van der Waals surface area contributed by atoms with Crippen LogP contribution in [0.4, 0.5) is 13.2 Å². The zero-order valence-corrected chi connectivity index (χ0v) is 18.7. The van der Waals surface area contributed by atoms with Gasteiger partial charge in [-0.1, -0.05) is 19.9 Å². The van der Waals surface area contributed by atoms with Crippen LogP contribution in [0.25, 0.3) is 17.1 Å². The number of aromatic nitrogens is 2. The summed E-state index contributed by atoms with van der Waals surface area (Å²) in [5.41, 5.74) is -0.320. The number of fused-ring (bicyclic) bond motifs is 1. The minimum absolute atomic E-state index is 0.0862. The molecule has 4 rings (SSSR count). The molecule has 1 aromatic heterocycles. The molecule has 0 aliphatic heterocycles. The lowest BCUT2D eigenvalue weighted by Gasteiger charge is -2.53. The van der Waals surface area contributed by atoms with Crippen LogP contribution in [0.15, 0.2) is 18.2 Å². The molecule has 0 saturated heterocycles. The van der Waals surface area contributed by atoms with Crippen molar-refractivity contribution >= 4 is 22.9 Å². The van der Waals surface area contributed by atoms with Crippen molar-refractivity contribution in [1.82, 2.24) is 9.55 Å². The van der Waals surface area contributed by atoms with Gasteiger partial charge in [0.1, 0.15) is 17.1 Å². The molecule has 2 aliphatic rings. The maximum absolute atomic E-state index is 14.6. The number of carbonyl (C=O) groups excluding carboxylic acids is 1. The summed E-state index contributed by atoms with van der Waals surface area (Å²) in [6.45, 7) is 5.39. The average molecular weight is 444 g/mol. The summed E-state index contributed by atoms with van der Waals surface area (Å²) in [5, 5.41) is 9.24. The van der Waals surface area contributed by atoms with E-state index in [-0.39, 0.29) is 47.6 Å². The van der Waals surface area contributed by atoms with E-state index < -0.39 is 17.2 Å². The fourth-order valence-electron chi connectivity index (χ4n) is 5.24. The fourth-order valence-corrected chi connectivity index (χ4v) is 5.24. The van der Waals surface area contributed by atoms with Crippen LogP contribution in [0, 0.1) is 28.5 Å². The SMILES string of the molecule is CCC1(C)C(CC(=O)C/C=C/c2nc3c(F)cc(C#N)cc3n2C2(C)CCC2)CC1(F)F. The van der Waals surface area contributed by atoms with Gasteiger partial charge in [-0.2, -0.15) is 5.26 Å². The number of carbonyl (C=O) groups is 1. The predicted molar refractivity (Wildman–Crippen MR) is 117 cm³/mol. The minimum atomic E-state index is -2.71. The van der Waals surface area contributed by atoms with Gasteiger partial charge in [0.2, 0.25) is 0 Å². The number of hydrogen-bond donors (Lipinski definition) is 0. The van der Waals surface area contributed by atoms with Crippen molar-refractivity contribution in [1.29, 1.82) is 5.26 Å². The summed E-state index contributed by atoms with van der Waals surface area (Å²) in [6, 6.07) is 4.82. The van der Waals surface area contributed by atoms with Crippen LogP contribution in [0.2, 0.25) is 0 Å². The highest BCUT2D eigenvalue weighted by Gasteiger charge is 2.63. The number of hydrogen-bond acceptors (Lipinski definition) is 3. The van der Waals surface area contributed by atoms with E-state index in [0.29, 0.717) is 17.8 Å². The fraction of sp³-hybridized carbons (Fsp3) is 0.560. The molecule has 7 heteroatoms. The topological polar surface area (TPSA) is 58.7 Å². The molecule has 1 heterocycles. The Bertz CT molecular complexity index is 1140. The number of alkyl halides is 2. The number of benzene rings is 1. The largest absolute Gasteiger partial charge is 0.318 e. The van der Waals surface area contributed by atoms with Crippen molar-refractivity contribution in [3.63, 3.8) is 0 Å². The molecule has 0 amide bonds. The average Bonchev–Trinajstić information content (AvgIpc) is 3.09. The van der Waals surface area contributed by atoms with Crippen LogP contribution in [0.1, 0.15) is 77.1 Å². The van der Waals surface area contributed by atoms with E-state index in [0.717, 1.165) is 19.3 Å². The second kappa shape index (κ2) is 7.75. The van der Waals surface area contributed by atoms with Gasteiger partial charge in [0.25, 0.3) is 5.92 Å². The molecule has 2 fully saturated rings. The molecule has 170 valence electrons. The first kappa shape index (κ1) is 22.6. The van der Waals surface area contributed by atoms with E-state index in [1.165, 1.54) is 6.07 Å². The second-order valence-electron chi connectivity index (χ2n) is 9.82. The van der Waals surface area contributed by atoms with E-state index in [9.17, 15) is 23.2 Å². The van der Waals surface area contributed by atoms with Crippen LogP contribution >= 0.6 is 0 Å². The smallest absolute Gasteiger partial charge is 0.253 e. The lowest BCUT2D eigenvalue weighted by Crippen LogP contribution is -2.56. The molecular formula is C25H28F3N3O. The Labute approximate surface area is 186 Å². The van der Waals surface area contributed by atoms with E-state index in [1.54, 1.807) is 32.1 Å². The van der Waals surface area contributed by atoms with Gasteiger partial charge in [0.05, 0.1) is 17.1 Å². The Morgan fingerprint density at radius 3 is 2.62 bits per heavy atom. The quantitative estimate of drug-likeness (QED) is 0.499. The molecule has 0 spiro atoms. The lowest BCUT2D eigenvalue weighted by molar-refractivity contribution is -0.237. The summed E-state index contributed by atoms with van der Waals surface area (Å²) >= 11 is 0. The van der Waals surface area contributed by atoms with Crippen LogP contribution in [-0.4, -0.2) is 21.3 Å². The van der Waals surface area contributed by atoms with E-state index in [1.807, 2.05) is 10.6 Å². The molecule has 2 saturated carbocycles. The molecule has 0 N–H and O–H groups in total. The third kappa shape index (κ3) is 3.44. The van der Waals surface area contributed by atoms with Crippen molar-refractivity contribution in [3.05, 3.63) is 35.4 Å². The first-order valence-corrected chi connectivity index (χ1v) is 11.2. The molecular weight excluding hydrogens is 415 g/mol. The molecule has 32 heavy (non-hydrogen) atoms. The minimum Gasteiger partial charge on any atom is -0.318 e. The van der Waals surface area contributed by atoms with Gasteiger partial charge in [0, 0.05) is 30.2 Å². The van der Waals surface area contributed by atoms with Crippen molar-refractivity contribution in [3.8, 4) is 6.07 Å². The van der Waals surface area contributed by atoms with Crippen molar-refractivity contribution < 1.29 is 18.0 Å². The van der Waals surface area contributed by atoms with Gasteiger partial charge in [-0.15, -0.1) is 0 Å². The Morgan fingerprint density at radius 1 is 1.34 bits per heavy atom. The van der Waals surface area contributed by atoms with Crippen LogP contribution in [-0.2, 0) is 10.3 Å². The molecule has 2 aromatic rings. The van der Waals surface area contributed by atoms with Crippen molar-refractivity contribution in [2.24, 2.45) is 11.3 Å². The number of Topliss-reactive ketones (excluding diaryl/α,β-unsaturated/α-hetero) is 1. The van der Waals surface area contributed by atoms with Crippen molar-refractivity contribution in [2.45, 2.75) is 77.2 Å². The first-order chi connectivity index (χ1) is 15.0. The molecule has 4 nitrogen and oxygen atoms in total. The van der Waals surface area contributed by atoms with Crippen molar-refractivity contribution in [2.75, 3.05) is 0 Å². The Balaban J connectivity index is 1.55. The van der Waals surface area contributed by atoms with Crippen LogP contribution < -0.4 is 0 Å². The van der Waals surface area contributed by atoms with Gasteiger partial charge >= 0.3 is 0 Å². The van der Waals surface area contributed by atoms with E-state index in [2.05, 4.69) is 11.9 Å². The summed E-state index contributed by atoms with van der Waals surface area (Å²) in [6.07, 6.45) is 6.65. The third-order valence-corrected chi connectivity index (χ3v) is 7.90. The Hall–Kier alpha value is -2.62. The zero-order valence-electron chi connectivity index (χ0n) is 18.7. The normalized spacial score (nSPS) is 26.0. The maximum Gasteiger partial charge on any atom is 0.253 e. The summed E-state index contributed by atoms with van der Waals surface area (Å²) in [4.78, 5) is 16.9. The summed E-state index contributed by atoms with van der Waals surface area (Å²) in [5.74, 6) is -3.11. The number of halogens is 3. The molecule has 2 aliphatic carbocycles. The lowest BCUT2D eigenvalue weighted by atomic mass is 9.55. The van der Waals surface area contributed by atoms with Gasteiger partial charge in [-0.25, -0.2) is 18.2 Å². The molecule has 1 aromatic carbocycles. The number of imidazole rings is 1. The first-order valence-electron chi connectivity index (χ1n) is 11.2. The van der Waals surface area contributed by atoms with Crippen LogP contribution in [0.3, 0.4) is 0 Å². The van der Waals surface area contributed by atoms with E-state index >= 15 is 0 Å². The molecule has 0 bridgehead atoms. The number of nitriles is 1. The highest BCUT2D eigenvalue weighted by molar-refractivity contribution is 5.83. The highest BCUT2D eigenvalue weighted by atomic mass is 19.3. The van der Waals surface area contributed by atoms with Crippen LogP contribution in [0.5, 0.6) is 0 Å². The molecule has 0 radical (unpaired) electrons. The van der Waals surface area contributed by atoms with E-state index in [4.69, 9.17) is 0 Å². The zero-order chi connectivity index (χ0) is 23.3. The standard InChI is InChI=1S/C25H28F3N3O/c1-4-24(3)17(14-25(24,27)28)13-18(32)7-5-8-21-30-22-19(26)11-16(15-29)12-20(22)31(21)23(2)9-6-10-23/h5,8,11-12,17H,4,6-7,9-10,13-14H2,1-3H3/b8-5+. The second-order valence-corrected chi connectivity index (χ2v) is 9.82. The number of allylic oxidation sites excluding steroid dienone is 1. The Morgan fingerprint density at radius 2 is 2.06 bits per heavy atom. The predicted octanol–water partition coefficient (Wildman–Crippen LogP) is 6.38. The maximum atomic E-state index is 14.6. The van der Waals surface area contributed by atoms with Gasteiger partial charge < -0.3 is 4.57 Å². The summed E-state index contributed by atoms with van der Waals surface area (Å²) < 4.78 is 44.5. The number of rotatable bonds is 7. The highest BCUT2D eigenvalue weighted by Crippen LogP contribution is 2.61. The van der Waals surface area contributed by atoms with Gasteiger partial charge in [0.15, 0.2) is 5.82 Å². The number of nitrogens with zero attached hydrogens (tertiary/aromatic N) is 3. The monoisotopic (exact) mass is 443 g/mol. The molecule has 2 atom stereocenters. The molecule has 2 unspecified atom stereocenters.